The predicted molar refractivity (Wildman–Crippen MR) is 56.6 cm³/mol. The summed E-state index contributed by atoms with van der Waals surface area (Å²) >= 11 is 0. The average molecular weight is 185 g/mol. The molecule has 0 aliphatic carbocycles. The highest BCUT2D eigenvalue weighted by Crippen LogP contribution is 2.08. The second kappa shape index (κ2) is 6.93. The Morgan fingerprint density at radius 2 is 1.85 bits per heavy atom. The lowest BCUT2D eigenvalue weighted by atomic mass is 10.0. The van der Waals surface area contributed by atoms with Gasteiger partial charge in [0.1, 0.15) is 0 Å². The summed E-state index contributed by atoms with van der Waals surface area (Å²) in [5.41, 5.74) is 0. The Hall–Kier alpha value is -0.530. The van der Waals surface area contributed by atoms with Gasteiger partial charge in [-0.2, -0.15) is 0 Å². The summed E-state index contributed by atoms with van der Waals surface area (Å²) in [7, 11) is 0. The van der Waals surface area contributed by atoms with Crippen LogP contribution in [-0.4, -0.2) is 11.9 Å². The Morgan fingerprint density at radius 1 is 1.23 bits per heavy atom. The maximum absolute atomic E-state index is 11.3. The molecular formula is C11H23NO. The summed E-state index contributed by atoms with van der Waals surface area (Å²) in [5, 5.41) is 2.97. The molecule has 13 heavy (non-hydrogen) atoms. The third kappa shape index (κ3) is 6.62. The molecule has 78 valence electrons. The maximum atomic E-state index is 11.3. The molecule has 0 bridgehead atoms. The van der Waals surface area contributed by atoms with Crippen LogP contribution in [0.1, 0.15) is 53.4 Å². The molecule has 0 aromatic heterocycles. The Balaban J connectivity index is 3.51. The van der Waals surface area contributed by atoms with Gasteiger partial charge in [0, 0.05) is 12.5 Å². The van der Waals surface area contributed by atoms with Crippen LogP contribution in [0, 0.1) is 5.92 Å². The minimum Gasteiger partial charge on any atom is -0.354 e. The van der Waals surface area contributed by atoms with E-state index in [-0.39, 0.29) is 5.91 Å². The highest BCUT2D eigenvalue weighted by molar-refractivity contribution is 5.76. The molecule has 1 N–H and O–H groups in total. The summed E-state index contributed by atoms with van der Waals surface area (Å²) < 4.78 is 0. The molecule has 0 saturated carbocycles. The van der Waals surface area contributed by atoms with Gasteiger partial charge in [0.15, 0.2) is 0 Å². The molecule has 0 aromatic rings. The Morgan fingerprint density at radius 3 is 2.31 bits per heavy atom. The lowest BCUT2D eigenvalue weighted by Gasteiger charge is -2.12. The maximum Gasteiger partial charge on any atom is 0.220 e. The largest absolute Gasteiger partial charge is 0.354 e. The van der Waals surface area contributed by atoms with Crippen molar-refractivity contribution in [2.75, 3.05) is 0 Å². The lowest BCUT2D eigenvalue weighted by molar-refractivity contribution is -0.122. The van der Waals surface area contributed by atoms with Gasteiger partial charge in [-0.25, -0.2) is 0 Å². The monoisotopic (exact) mass is 185 g/mol. The molecule has 0 spiro atoms. The van der Waals surface area contributed by atoms with E-state index in [1.165, 1.54) is 0 Å². The van der Waals surface area contributed by atoms with Crippen LogP contribution in [0.2, 0.25) is 0 Å². The van der Waals surface area contributed by atoms with Crippen LogP contribution >= 0.6 is 0 Å². The molecule has 0 aromatic carbocycles. The summed E-state index contributed by atoms with van der Waals surface area (Å²) in [4.78, 5) is 11.3. The normalized spacial score (nSPS) is 15.1. The van der Waals surface area contributed by atoms with Crippen LogP contribution in [0.3, 0.4) is 0 Å². The Labute approximate surface area is 82.1 Å². The van der Waals surface area contributed by atoms with E-state index in [0.717, 1.165) is 19.3 Å². The van der Waals surface area contributed by atoms with E-state index in [1.807, 2.05) is 6.92 Å². The first-order valence-corrected chi connectivity index (χ1v) is 5.39. The number of hydrogen-bond acceptors (Lipinski definition) is 1. The number of hydrogen-bond donors (Lipinski definition) is 1. The van der Waals surface area contributed by atoms with Gasteiger partial charge in [-0.15, -0.1) is 0 Å². The van der Waals surface area contributed by atoms with Crippen molar-refractivity contribution in [1.29, 1.82) is 0 Å². The average Bonchev–Trinajstić information content (AvgIpc) is 2.13. The molecule has 2 nitrogen and oxygen atoms in total. The molecule has 2 unspecified atom stereocenters. The van der Waals surface area contributed by atoms with Crippen LogP contribution < -0.4 is 5.32 Å². The molecule has 2 heteroatoms. The Kier molecular flexibility index (Phi) is 6.65. The molecule has 0 rings (SSSR count). The van der Waals surface area contributed by atoms with Crippen LogP contribution in [0.15, 0.2) is 0 Å². The van der Waals surface area contributed by atoms with Crippen molar-refractivity contribution in [1.82, 2.24) is 5.32 Å². The predicted octanol–water partition coefficient (Wildman–Crippen LogP) is 2.73. The van der Waals surface area contributed by atoms with Gasteiger partial charge in [-0.1, -0.05) is 27.2 Å². The summed E-state index contributed by atoms with van der Waals surface area (Å²) in [6.45, 7) is 8.48. The zero-order valence-electron chi connectivity index (χ0n) is 9.39. The van der Waals surface area contributed by atoms with E-state index >= 15 is 0 Å². The zero-order chi connectivity index (χ0) is 10.3. The number of carbonyl (C=O) groups excluding carboxylic acids is 1. The fraction of sp³-hybridized carbons (Fsp3) is 0.909. The standard InChI is InChI=1S/C11H23NO/c1-5-9(3)7-8-11(13)12-10(4)6-2/h9-10H,5-8H2,1-4H3,(H,12,13). The third-order valence-electron chi connectivity index (χ3n) is 2.58. The van der Waals surface area contributed by atoms with Crippen molar-refractivity contribution < 1.29 is 4.79 Å². The van der Waals surface area contributed by atoms with E-state index in [0.29, 0.717) is 18.4 Å². The Bertz CT molecular complexity index is 145. The van der Waals surface area contributed by atoms with Gasteiger partial charge in [0.25, 0.3) is 0 Å². The van der Waals surface area contributed by atoms with Crippen molar-refractivity contribution in [3.8, 4) is 0 Å². The molecular weight excluding hydrogens is 162 g/mol. The summed E-state index contributed by atoms with van der Waals surface area (Å²) in [6.07, 6.45) is 3.86. The van der Waals surface area contributed by atoms with Gasteiger partial charge in [0.05, 0.1) is 0 Å². The molecule has 0 saturated heterocycles. The molecule has 0 radical (unpaired) electrons. The third-order valence-corrected chi connectivity index (χ3v) is 2.58. The first kappa shape index (κ1) is 12.5. The minimum absolute atomic E-state index is 0.203. The lowest BCUT2D eigenvalue weighted by Crippen LogP contribution is -2.31. The van der Waals surface area contributed by atoms with Crippen LogP contribution in [0.4, 0.5) is 0 Å². The highest BCUT2D eigenvalue weighted by atomic mass is 16.1. The van der Waals surface area contributed by atoms with Crippen LogP contribution in [-0.2, 0) is 4.79 Å². The van der Waals surface area contributed by atoms with Gasteiger partial charge in [0.2, 0.25) is 5.91 Å². The van der Waals surface area contributed by atoms with E-state index < -0.39 is 0 Å². The minimum atomic E-state index is 0.203. The SMILES string of the molecule is CCC(C)CCC(=O)NC(C)CC. The number of amides is 1. The summed E-state index contributed by atoms with van der Waals surface area (Å²) in [5.74, 6) is 0.873. The number of nitrogens with one attached hydrogen (secondary N) is 1. The molecule has 0 fully saturated rings. The highest BCUT2D eigenvalue weighted by Gasteiger charge is 2.06. The van der Waals surface area contributed by atoms with E-state index in [2.05, 4.69) is 26.1 Å². The first-order valence-electron chi connectivity index (χ1n) is 5.39. The van der Waals surface area contributed by atoms with E-state index in [1.54, 1.807) is 0 Å². The molecule has 0 aliphatic heterocycles. The zero-order valence-corrected chi connectivity index (χ0v) is 9.39. The van der Waals surface area contributed by atoms with Gasteiger partial charge >= 0.3 is 0 Å². The van der Waals surface area contributed by atoms with Crippen molar-refractivity contribution in [2.45, 2.75) is 59.4 Å². The van der Waals surface area contributed by atoms with Crippen molar-refractivity contribution >= 4 is 5.91 Å². The van der Waals surface area contributed by atoms with Gasteiger partial charge < -0.3 is 5.32 Å². The van der Waals surface area contributed by atoms with Gasteiger partial charge in [-0.05, 0) is 25.7 Å². The second-order valence-electron chi connectivity index (χ2n) is 3.93. The number of carbonyl (C=O) groups is 1. The molecule has 0 heterocycles. The van der Waals surface area contributed by atoms with Crippen LogP contribution in [0.5, 0.6) is 0 Å². The van der Waals surface area contributed by atoms with Gasteiger partial charge in [-0.3, -0.25) is 4.79 Å². The topological polar surface area (TPSA) is 29.1 Å². The van der Waals surface area contributed by atoms with E-state index in [9.17, 15) is 4.79 Å². The number of rotatable bonds is 6. The molecule has 0 aliphatic rings. The summed E-state index contributed by atoms with van der Waals surface area (Å²) in [6, 6.07) is 0.324. The fourth-order valence-electron chi connectivity index (χ4n) is 1.03. The van der Waals surface area contributed by atoms with Crippen molar-refractivity contribution in [3.05, 3.63) is 0 Å². The van der Waals surface area contributed by atoms with E-state index in [4.69, 9.17) is 0 Å². The second-order valence-corrected chi connectivity index (χ2v) is 3.93. The van der Waals surface area contributed by atoms with Crippen LogP contribution in [0.25, 0.3) is 0 Å². The van der Waals surface area contributed by atoms with Crippen molar-refractivity contribution in [2.24, 2.45) is 5.92 Å². The molecule has 1 amide bonds. The molecule has 2 atom stereocenters. The smallest absolute Gasteiger partial charge is 0.220 e. The first-order chi connectivity index (χ1) is 6.10. The van der Waals surface area contributed by atoms with Crippen molar-refractivity contribution in [3.63, 3.8) is 0 Å². The fourth-order valence-corrected chi connectivity index (χ4v) is 1.03. The quantitative estimate of drug-likeness (QED) is 0.677.